The number of aliphatic carboxylic acids is 1. The SMILES string of the molecule is CCc1cc(-c2noc(-c3cnc(N4CCCC4)c(C)c3)n2)cc(C)c1CCC(=O)O. The molecular weight excluding hydrogens is 392 g/mol. The number of carboxylic acids is 1. The van der Waals surface area contributed by atoms with Gasteiger partial charge in [-0.25, -0.2) is 4.98 Å². The largest absolute Gasteiger partial charge is 0.481 e. The van der Waals surface area contributed by atoms with Crippen LogP contribution in [0.25, 0.3) is 22.8 Å². The first kappa shape index (κ1) is 21.0. The molecule has 2 aromatic heterocycles. The van der Waals surface area contributed by atoms with Crippen LogP contribution in [0.15, 0.2) is 28.9 Å². The van der Waals surface area contributed by atoms with Crippen LogP contribution in [0.3, 0.4) is 0 Å². The maximum atomic E-state index is 11.0. The Morgan fingerprint density at radius 1 is 1.13 bits per heavy atom. The van der Waals surface area contributed by atoms with Gasteiger partial charge >= 0.3 is 5.97 Å². The van der Waals surface area contributed by atoms with Crippen LogP contribution >= 0.6 is 0 Å². The second-order valence-electron chi connectivity index (χ2n) is 8.16. The Bertz CT molecular complexity index is 1100. The summed E-state index contributed by atoms with van der Waals surface area (Å²) in [5, 5.41) is 13.2. The molecule has 0 aliphatic carbocycles. The summed E-state index contributed by atoms with van der Waals surface area (Å²) in [7, 11) is 0. The third-order valence-corrected chi connectivity index (χ3v) is 5.92. The van der Waals surface area contributed by atoms with Gasteiger partial charge in [-0.1, -0.05) is 12.1 Å². The number of aryl methyl sites for hydroxylation is 3. The van der Waals surface area contributed by atoms with Crippen LogP contribution in [0, 0.1) is 13.8 Å². The van der Waals surface area contributed by atoms with E-state index in [-0.39, 0.29) is 6.42 Å². The lowest BCUT2D eigenvalue weighted by Crippen LogP contribution is -2.20. The topological polar surface area (TPSA) is 92.4 Å². The second kappa shape index (κ2) is 8.88. The summed E-state index contributed by atoms with van der Waals surface area (Å²) >= 11 is 0. The third kappa shape index (κ3) is 4.45. The van der Waals surface area contributed by atoms with Gasteiger partial charge in [0.2, 0.25) is 5.82 Å². The predicted octanol–water partition coefficient (Wildman–Crippen LogP) is 4.60. The lowest BCUT2D eigenvalue weighted by Gasteiger charge is -2.18. The first-order valence-electron chi connectivity index (χ1n) is 10.9. The fourth-order valence-corrected chi connectivity index (χ4v) is 4.33. The number of carbonyl (C=O) groups is 1. The molecule has 0 saturated carbocycles. The zero-order chi connectivity index (χ0) is 22.0. The summed E-state index contributed by atoms with van der Waals surface area (Å²) < 4.78 is 5.56. The van der Waals surface area contributed by atoms with Crippen LogP contribution in [0.4, 0.5) is 5.82 Å². The summed E-state index contributed by atoms with van der Waals surface area (Å²) in [5.41, 5.74) is 6.05. The highest BCUT2D eigenvalue weighted by atomic mass is 16.5. The Morgan fingerprint density at radius 2 is 1.87 bits per heavy atom. The first-order chi connectivity index (χ1) is 15.0. The molecule has 1 aliphatic heterocycles. The Morgan fingerprint density at radius 3 is 2.55 bits per heavy atom. The van der Waals surface area contributed by atoms with E-state index in [0.717, 1.165) is 58.7 Å². The van der Waals surface area contributed by atoms with E-state index in [1.165, 1.54) is 12.8 Å². The molecule has 4 rings (SSSR count). The Labute approximate surface area is 182 Å². The monoisotopic (exact) mass is 420 g/mol. The van der Waals surface area contributed by atoms with Gasteiger partial charge in [0.05, 0.1) is 5.56 Å². The van der Waals surface area contributed by atoms with E-state index in [2.05, 4.69) is 39.9 Å². The lowest BCUT2D eigenvalue weighted by atomic mass is 9.93. The average molecular weight is 421 g/mol. The number of pyridine rings is 1. The highest BCUT2D eigenvalue weighted by molar-refractivity contribution is 5.68. The molecular formula is C24H28N4O3. The fraction of sp³-hybridized carbons (Fsp3) is 0.417. The van der Waals surface area contributed by atoms with Crippen molar-refractivity contribution in [3.8, 4) is 22.8 Å². The Kier molecular flexibility index (Phi) is 6.02. The number of nitrogens with zero attached hydrogens (tertiary/aromatic N) is 4. The van der Waals surface area contributed by atoms with Gasteiger partial charge in [-0.3, -0.25) is 4.79 Å². The predicted molar refractivity (Wildman–Crippen MR) is 119 cm³/mol. The molecule has 3 aromatic rings. The van der Waals surface area contributed by atoms with E-state index < -0.39 is 5.97 Å². The summed E-state index contributed by atoms with van der Waals surface area (Å²) in [6.07, 6.45) is 5.69. The van der Waals surface area contributed by atoms with Gasteiger partial charge in [-0.2, -0.15) is 4.98 Å². The molecule has 0 atom stereocenters. The van der Waals surface area contributed by atoms with E-state index in [4.69, 9.17) is 9.63 Å². The molecule has 0 radical (unpaired) electrons. The first-order valence-corrected chi connectivity index (χ1v) is 10.9. The standard InChI is InChI=1S/C24H28N4O3/c1-4-17-13-18(11-15(2)20(17)7-8-21(29)30)22-26-24(31-27-22)19-12-16(3)23(25-14-19)28-9-5-6-10-28/h11-14H,4-10H2,1-3H3,(H,29,30). The molecule has 1 aromatic carbocycles. The molecule has 7 nitrogen and oxygen atoms in total. The Balaban J connectivity index is 1.60. The molecule has 162 valence electrons. The number of rotatable bonds is 7. The van der Waals surface area contributed by atoms with Crippen molar-refractivity contribution in [3.63, 3.8) is 0 Å². The summed E-state index contributed by atoms with van der Waals surface area (Å²) in [4.78, 5) is 22.6. The van der Waals surface area contributed by atoms with Crippen molar-refractivity contribution < 1.29 is 14.4 Å². The van der Waals surface area contributed by atoms with Crippen molar-refractivity contribution in [2.45, 2.75) is 52.9 Å². The van der Waals surface area contributed by atoms with Crippen LogP contribution < -0.4 is 4.90 Å². The molecule has 1 aliphatic rings. The number of hydrogen-bond acceptors (Lipinski definition) is 6. The second-order valence-corrected chi connectivity index (χ2v) is 8.16. The van der Waals surface area contributed by atoms with Crippen molar-refractivity contribution in [1.29, 1.82) is 0 Å². The quantitative estimate of drug-likeness (QED) is 0.597. The maximum absolute atomic E-state index is 11.0. The van der Waals surface area contributed by atoms with Crippen molar-refractivity contribution >= 4 is 11.8 Å². The summed E-state index contributed by atoms with van der Waals surface area (Å²) in [5.74, 6) is 1.22. The molecule has 0 bridgehead atoms. The molecule has 0 amide bonds. The minimum Gasteiger partial charge on any atom is -0.481 e. The highest BCUT2D eigenvalue weighted by Gasteiger charge is 2.18. The zero-order valence-electron chi connectivity index (χ0n) is 18.3. The van der Waals surface area contributed by atoms with E-state index in [1.54, 1.807) is 6.20 Å². The van der Waals surface area contributed by atoms with E-state index >= 15 is 0 Å². The van der Waals surface area contributed by atoms with Crippen LogP contribution in [-0.2, 0) is 17.6 Å². The van der Waals surface area contributed by atoms with Crippen LogP contribution in [-0.4, -0.2) is 39.3 Å². The van der Waals surface area contributed by atoms with Gasteiger partial charge < -0.3 is 14.5 Å². The van der Waals surface area contributed by atoms with Crippen molar-refractivity contribution in [1.82, 2.24) is 15.1 Å². The molecule has 0 unspecified atom stereocenters. The molecule has 31 heavy (non-hydrogen) atoms. The smallest absolute Gasteiger partial charge is 0.303 e. The molecule has 1 saturated heterocycles. The van der Waals surface area contributed by atoms with E-state index in [1.807, 2.05) is 19.1 Å². The molecule has 7 heteroatoms. The van der Waals surface area contributed by atoms with E-state index in [0.29, 0.717) is 18.1 Å². The fourth-order valence-electron chi connectivity index (χ4n) is 4.33. The van der Waals surface area contributed by atoms with Gasteiger partial charge in [0, 0.05) is 31.3 Å². The number of hydrogen-bond donors (Lipinski definition) is 1. The van der Waals surface area contributed by atoms with Crippen LogP contribution in [0.1, 0.15) is 48.4 Å². The summed E-state index contributed by atoms with van der Waals surface area (Å²) in [6.45, 7) is 8.25. The normalized spacial score (nSPS) is 13.7. The van der Waals surface area contributed by atoms with Gasteiger partial charge in [0.15, 0.2) is 0 Å². The average Bonchev–Trinajstić information content (AvgIpc) is 3.44. The minimum atomic E-state index is -0.784. The molecule has 0 spiro atoms. The van der Waals surface area contributed by atoms with Crippen LogP contribution in [0.5, 0.6) is 0 Å². The van der Waals surface area contributed by atoms with Gasteiger partial charge in [-0.05, 0) is 80.0 Å². The van der Waals surface area contributed by atoms with Crippen LogP contribution in [0.2, 0.25) is 0 Å². The number of benzene rings is 1. The lowest BCUT2D eigenvalue weighted by molar-refractivity contribution is -0.136. The Hall–Kier alpha value is -3.22. The maximum Gasteiger partial charge on any atom is 0.303 e. The van der Waals surface area contributed by atoms with Gasteiger partial charge in [-0.15, -0.1) is 0 Å². The minimum absolute atomic E-state index is 0.124. The molecule has 1 fully saturated rings. The number of carboxylic acid groups (broad SMARTS) is 1. The summed E-state index contributed by atoms with van der Waals surface area (Å²) in [6, 6.07) is 6.10. The van der Waals surface area contributed by atoms with Crippen molar-refractivity contribution in [2.24, 2.45) is 0 Å². The number of anilines is 1. The molecule has 3 heterocycles. The molecule has 1 N–H and O–H groups in total. The third-order valence-electron chi connectivity index (χ3n) is 5.92. The highest BCUT2D eigenvalue weighted by Crippen LogP contribution is 2.29. The zero-order valence-corrected chi connectivity index (χ0v) is 18.3. The van der Waals surface area contributed by atoms with Crippen molar-refractivity contribution in [2.75, 3.05) is 18.0 Å². The number of aromatic nitrogens is 3. The van der Waals surface area contributed by atoms with E-state index in [9.17, 15) is 4.79 Å². The van der Waals surface area contributed by atoms with Gasteiger partial charge in [0.1, 0.15) is 5.82 Å². The van der Waals surface area contributed by atoms with Gasteiger partial charge in [0.25, 0.3) is 5.89 Å². The van der Waals surface area contributed by atoms with Crippen molar-refractivity contribution in [3.05, 3.63) is 46.6 Å².